The highest BCUT2D eigenvalue weighted by Gasteiger charge is 2.50. The molecule has 0 spiro atoms. The normalized spacial score (nSPS) is 12.7. The molecular formula is C27H29Br2P. The van der Waals surface area contributed by atoms with Gasteiger partial charge in [0.15, 0.2) is 0 Å². The van der Waals surface area contributed by atoms with Gasteiger partial charge in [-0.1, -0.05) is 85.8 Å². The first-order valence-corrected chi connectivity index (χ1v) is 13.1. The molecule has 0 nitrogen and oxygen atoms in total. The first-order valence-electron chi connectivity index (χ1n) is 10.3. The van der Waals surface area contributed by atoms with Gasteiger partial charge in [0.2, 0.25) is 0 Å². The summed E-state index contributed by atoms with van der Waals surface area (Å²) in [6.45, 7) is 2.17. The van der Waals surface area contributed by atoms with E-state index < -0.39 is 7.26 Å². The second-order valence-electron chi connectivity index (χ2n) is 6.99. The summed E-state index contributed by atoms with van der Waals surface area (Å²) in [7, 11) is -1.86. The molecule has 0 radical (unpaired) electrons. The van der Waals surface area contributed by atoms with Crippen molar-refractivity contribution >= 4 is 39.1 Å². The molecule has 3 heteroatoms. The number of alkyl halides is 1. The monoisotopic (exact) mass is 542 g/mol. The molecule has 1 atom stereocenters. The van der Waals surface area contributed by atoms with Crippen LogP contribution in [0.5, 0.6) is 0 Å². The maximum atomic E-state index is 4.17. The lowest BCUT2D eigenvalue weighted by atomic mass is 10.3. The van der Waals surface area contributed by atoms with Gasteiger partial charge in [-0.05, 0) is 65.2 Å². The summed E-state index contributed by atoms with van der Waals surface area (Å²) in [5, 5.41) is 4.25. The predicted molar refractivity (Wildman–Crippen MR) is 136 cm³/mol. The Kier molecular flexibility index (Phi) is 10.8. The average Bonchev–Trinajstić information content (AvgIpc) is 2.79. The Morgan fingerprint density at radius 3 is 1.47 bits per heavy atom. The summed E-state index contributed by atoms with van der Waals surface area (Å²) in [5.41, 5.74) is 0. The number of halogens is 2. The predicted octanol–water partition coefficient (Wildman–Crippen LogP) is 4.01. The van der Waals surface area contributed by atoms with Gasteiger partial charge in [0.1, 0.15) is 27.7 Å². The second-order valence-corrected chi connectivity index (χ2v) is 12.4. The van der Waals surface area contributed by atoms with Crippen LogP contribution in [0, 0.1) is 0 Å². The number of hydrogen-bond donors (Lipinski definition) is 0. The summed E-state index contributed by atoms with van der Waals surface area (Å²) in [5.74, 6) is 0. The molecule has 0 saturated heterocycles. The Labute approximate surface area is 201 Å². The highest BCUT2D eigenvalue weighted by atomic mass is 79.9. The third kappa shape index (κ3) is 5.82. The van der Waals surface area contributed by atoms with Crippen LogP contribution >= 0.6 is 23.2 Å². The molecule has 0 aromatic heterocycles. The molecule has 0 aliphatic carbocycles. The largest absolute Gasteiger partial charge is 1.00 e. The zero-order valence-electron chi connectivity index (χ0n) is 17.4. The van der Waals surface area contributed by atoms with E-state index in [1.807, 2.05) is 0 Å². The third-order valence-corrected chi connectivity index (χ3v) is 11.7. The molecule has 156 valence electrons. The van der Waals surface area contributed by atoms with Crippen molar-refractivity contribution in [3.05, 3.63) is 115 Å². The average molecular weight is 544 g/mol. The Balaban J connectivity index is 0.00000320. The molecule has 0 N–H and O–H groups in total. The van der Waals surface area contributed by atoms with Crippen LogP contribution in [-0.4, -0.2) is 4.57 Å². The highest BCUT2D eigenvalue weighted by Crippen LogP contribution is 2.62. The van der Waals surface area contributed by atoms with Crippen molar-refractivity contribution in [2.45, 2.75) is 30.8 Å². The molecule has 0 saturated carbocycles. The van der Waals surface area contributed by atoms with Gasteiger partial charge in [-0.25, -0.2) is 0 Å². The van der Waals surface area contributed by atoms with E-state index in [0.717, 1.165) is 19.3 Å². The zero-order valence-corrected chi connectivity index (χ0v) is 21.4. The van der Waals surface area contributed by atoms with E-state index in [2.05, 4.69) is 138 Å². The van der Waals surface area contributed by atoms with E-state index in [-0.39, 0.29) is 17.0 Å². The lowest BCUT2D eigenvalue weighted by molar-refractivity contribution is -0.00000559. The maximum absolute atomic E-state index is 4.17. The van der Waals surface area contributed by atoms with Crippen LogP contribution in [-0.2, 0) is 0 Å². The number of rotatable bonds is 9. The van der Waals surface area contributed by atoms with Crippen molar-refractivity contribution in [3.8, 4) is 0 Å². The fourth-order valence-corrected chi connectivity index (χ4v) is 10.3. The molecule has 0 bridgehead atoms. The van der Waals surface area contributed by atoms with Gasteiger partial charge in [0.05, 0.1) is 0 Å². The van der Waals surface area contributed by atoms with Gasteiger partial charge in [-0.2, -0.15) is 0 Å². The third-order valence-electron chi connectivity index (χ3n) is 5.08. The molecule has 1 unspecified atom stereocenters. The minimum atomic E-state index is -1.86. The molecule has 0 aliphatic heterocycles. The van der Waals surface area contributed by atoms with Gasteiger partial charge in [0.25, 0.3) is 0 Å². The van der Waals surface area contributed by atoms with Crippen LogP contribution in [0.3, 0.4) is 0 Å². The Morgan fingerprint density at radius 2 is 1.07 bits per heavy atom. The van der Waals surface area contributed by atoms with E-state index in [4.69, 9.17) is 0 Å². The minimum absolute atomic E-state index is 0. The molecule has 0 amide bonds. The molecule has 3 rings (SSSR count). The van der Waals surface area contributed by atoms with Crippen molar-refractivity contribution in [1.29, 1.82) is 0 Å². The topological polar surface area (TPSA) is 0 Å². The van der Waals surface area contributed by atoms with Crippen LogP contribution in [0.25, 0.3) is 0 Å². The summed E-state index contributed by atoms with van der Waals surface area (Å²) in [6, 6.07) is 33.1. The first kappa shape index (κ1) is 24.8. The fraction of sp³-hybridized carbons (Fsp3) is 0.185. The number of allylic oxidation sites excluding steroid dienone is 4. The molecule has 0 heterocycles. The molecule has 30 heavy (non-hydrogen) atoms. The Bertz CT molecular complexity index is 809. The van der Waals surface area contributed by atoms with Crippen molar-refractivity contribution in [2.24, 2.45) is 0 Å². The molecule has 3 aromatic carbocycles. The highest BCUT2D eigenvalue weighted by molar-refractivity contribution is 9.11. The Morgan fingerprint density at radius 1 is 0.667 bits per heavy atom. The van der Waals surface area contributed by atoms with Crippen LogP contribution in [0.15, 0.2) is 115 Å². The zero-order chi connectivity index (χ0) is 20.4. The van der Waals surface area contributed by atoms with Crippen LogP contribution in [0.2, 0.25) is 0 Å². The maximum Gasteiger partial charge on any atom is 0.141 e. The molecule has 0 fully saturated rings. The lowest BCUT2D eigenvalue weighted by Crippen LogP contribution is -3.00. The lowest BCUT2D eigenvalue weighted by Gasteiger charge is -2.31. The van der Waals surface area contributed by atoms with E-state index >= 15 is 0 Å². The minimum Gasteiger partial charge on any atom is -1.00 e. The van der Waals surface area contributed by atoms with E-state index in [0.29, 0.717) is 4.57 Å². The van der Waals surface area contributed by atoms with E-state index in [1.54, 1.807) is 0 Å². The smallest absolute Gasteiger partial charge is 0.141 e. The van der Waals surface area contributed by atoms with Crippen molar-refractivity contribution < 1.29 is 17.0 Å². The summed E-state index contributed by atoms with van der Waals surface area (Å²) in [6.07, 6.45) is 12.2. The molecule has 3 aromatic rings. The number of benzene rings is 3. The van der Waals surface area contributed by atoms with Crippen LogP contribution < -0.4 is 32.9 Å². The summed E-state index contributed by atoms with van der Waals surface area (Å²) >= 11 is 4.17. The van der Waals surface area contributed by atoms with E-state index in [9.17, 15) is 0 Å². The SMILES string of the molecule is CCC=CCC=CCC(Br)[P+](c1ccccc1)(c1ccccc1)c1ccccc1.[Br-]. The molecule has 0 aliphatic rings. The first-order chi connectivity index (χ1) is 14.3. The summed E-state index contributed by atoms with van der Waals surface area (Å²) in [4.78, 5) is 0. The van der Waals surface area contributed by atoms with Gasteiger partial charge < -0.3 is 17.0 Å². The van der Waals surface area contributed by atoms with Gasteiger partial charge in [-0.15, -0.1) is 0 Å². The van der Waals surface area contributed by atoms with Crippen LogP contribution in [0.4, 0.5) is 0 Å². The standard InChI is InChI=1S/C27H29BrP.BrH/c1-2-3-4-5-6-16-23-27(28)29(24-17-10-7-11-18-24,25-19-12-8-13-20-25)26-21-14-9-15-22-26;/h3-4,6-22,27H,2,5,23H2,1H3;1H/q+1;/p-1. The Hall–Kier alpha value is -1.47. The van der Waals surface area contributed by atoms with Crippen LogP contribution in [0.1, 0.15) is 26.2 Å². The van der Waals surface area contributed by atoms with Crippen molar-refractivity contribution in [1.82, 2.24) is 0 Å². The molecular weight excluding hydrogens is 515 g/mol. The van der Waals surface area contributed by atoms with E-state index in [1.165, 1.54) is 15.9 Å². The van der Waals surface area contributed by atoms with Gasteiger partial charge >= 0.3 is 0 Å². The van der Waals surface area contributed by atoms with Crippen molar-refractivity contribution in [3.63, 3.8) is 0 Å². The quantitative estimate of drug-likeness (QED) is 0.217. The van der Waals surface area contributed by atoms with Gasteiger partial charge in [0, 0.05) is 6.42 Å². The van der Waals surface area contributed by atoms with Gasteiger partial charge in [-0.3, -0.25) is 0 Å². The fourth-order valence-electron chi connectivity index (χ4n) is 3.73. The summed E-state index contributed by atoms with van der Waals surface area (Å²) < 4.78 is 0.327. The van der Waals surface area contributed by atoms with Crippen molar-refractivity contribution in [2.75, 3.05) is 0 Å². The number of hydrogen-bond acceptors (Lipinski definition) is 0. The second kappa shape index (κ2) is 13.1.